The Morgan fingerprint density at radius 2 is 1.81 bits per heavy atom. The summed E-state index contributed by atoms with van der Waals surface area (Å²) in [6.07, 6.45) is 0. The minimum Gasteiger partial charge on any atom is -0.492 e. The number of aliphatic imine (C=N–C) groups is 1. The molecular formula is C20H34N4O2. The zero-order valence-electron chi connectivity index (χ0n) is 17.2. The van der Waals surface area contributed by atoms with E-state index in [0.29, 0.717) is 19.1 Å². The fraction of sp³-hybridized carbons (Fsp3) is 0.600. The second kappa shape index (κ2) is 9.46. The molecule has 6 nitrogen and oxygen atoms in total. The largest absolute Gasteiger partial charge is 0.492 e. The Bertz CT molecular complexity index is 613. The van der Waals surface area contributed by atoms with Crippen LogP contribution >= 0.6 is 0 Å². The van der Waals surface area contributed by atoms with Crippen LogP contribution in [0.3, 0.4) is 0 Å². The Hall–Kier alpha value is -2.24. The molecule has 1 aromatic carbocycles. The first-order chi connectivity index (χ1) is 12.0. The van der Waals surface area contributed by atoms with Crippen LogP contribution in [0.15, 0.2) is 29.3 Å². The van der Waals surface area contributed by atoms with Gasteiger partial charge in [-0.15, -0.1) is 0 Å². The number of rotatable bonds is 6. The molecule has 1 amide bonds. The van der Waals surface area contributed by atoms with Crippen LogP contribution in [0.4, 0.5) is 0 Å². The molecule has 0 aliphatic carbocycles. The first-order valence-corrected chi connectivity index (χ1v) is 9.00. The van der Waals surface area contributed by atoms with Crippen LogP contribution in [0.1, 0.15) is 47.1 Å². The van der Waals surface area contributed by atoms with Crippen molar-refractivity contribution in [3.63, 3.8) is 0 Å². The molecule has 26 heavy (non-hydrogen) atoms. The first-order valence-electron chi connectivity index (χ1n) is 9.00. The zero-order valence-corrected chi connectivity index (χ0v) is 17.2. The van der Waals surface area contributed by atoms with E-state index in [1.54, 1.807) is 7.05 Å². The van der Waals surface area contributed by atoms with Crippen molar-refractivity contribution >= 4 is 11.9 Å². The van der Waals surface area contributed by atoms with Gasteiger partial charge in [-0.25, -0.2) is 0 Å². The van der Waals surface area contributed by atoms with Gasteiger partial charge in [-0.3, -0.25) is 9.79 Å². The summed E-state index contributed by atoms with van der Waals surface area (Å²) in [6.45, 7) is 13.6. The van der Waals surface area contributed by atoms with Crippen molar-refractivity contribution in [1.29, 1.82) is 0 Å². The Balaban J connectivity index is 2.36. The zero-order chi connectivity index (χ0) is 19.8. The van der Waals surface area contributed by atoms with Crippen molar-refractivity contribution in [2.75, 3.05) is 26.7 Å². The van der Waals surface area contributed by atoms with E-state index >= 15 is 0 Å². The second-order valence-corrected chi connectivity index (χ2v) is 8.28. The molecule has 1 rings (SSSR count). The lowest BCUT2D eigenvalue weighted by Crippen LogP contribution is -2.48. The summed E-state index contributed by atoms with van der Waals surface area (Å²) in [6, 6.07) is 8.15. The Morgan fingerprint density at radius 1 is 1.12 bits per heavy atom. The lowest BCUT2D eigenvalue weighted by molar-refractivity contribution is -0.121. The molecule has 0 heterocycles. The molecule has 0 fully saturated rings. The fourth-order valence-corrected chi connectivity index (χ4v) is 2.24. The summed E-state index contributed by atoms with van der Waals surface area (Å²) in [5, 5.41) is 9.02. The Kier molecular flexibility index (Phi) is 7.93. The summed E-state index contributed by atoms with van der Waals surface area (Å²) in [5.41, 5.74) is 1.09. The molecule has 0 aromatic heterocycles. The van der Waals surface area contributed by atoms with Crippen molar-refractivity contribution < 1.29 is 9.53 Å². The van der Waals surface area contributed by atoms with E-state index in [9.17, 15) is 4.79 Å². The van der Waals surface area contributed by atoms with Gasteiger partial charge < -0.3 is 20.7 Å². The average molecular weight is 363 g/mol. The summed E-state index contributed by atoms with van der Waals surface area (Å²) in [4.78, 5) is 15.9. The number of hydrogen-bond acceptors (Lipinski definition) is 3. The van der Waals surface area contributed by atoms with E-state index in [4.69, 9.17) is 4.74 Å². The molecule has 0 radical (unpaired) electrons. The maximum absolute atomic E-state index is 11.8. The molecule has 1 aromatic rings. The third-order valence-electron chi connectivity index (χ3n) is 3.52. The van der Waals surface area contributed by atoms with Gasteiger partial charge in [-0.1, -0.05) is 32.9 Å². The van der Waals surface area contributed by atoms with Crippen molar-refractivity contribution in [1.82, 2.24) is 16.0 Å². The van der Waals surface area contributed by atoms with Crippen LogP contribution in [-0.2, 0) is 10.2 Å². The van der Waals surface area contributed by atoms with E-state index in [1.165, 1.54) is 5.56 Å². The maximum Gasteiger partial charge on any atom is 0.239 e. The van der Waals surface area contributed by atoms with Crippen LogP contribution in [0.5, 0.6) is 5.75 Å². The second-order valence-electron chi connectivity index (χ2n) is 8.28. The number of nitrogens with zero attached hydrogens (tertiary/aromatic N) is 1. The maximum atomic E-state index is 11.8. The minimum atomic E-state index is -0.245. The number of hydrogen-bond donors (Lipinski definition) is 3. The van der Waals surface area contributed by atoms with Gasteiger partial charge in [0, 0.05) is 12.6 Å². The predicted octanol–water partition coefficient (Wildman–Crippen LogP) is 2.44. The average Bonchev–Trinajstić information content (AvgIpc) is 2.52. The summed E-state index contributed by atoms with van der Waals surface area (Å²) >= 11 is 0. The summed E-state index contributed by atoms with van der Waals surface area (Å²) < 4.78 is 5.80. The van der Waals surface area contributed by atoms with E-state index in [0.717, 1.165) is 5.75 Å². The normalized spacial score (nSPS) is 12.5. The van der Waals surface area contributed by atoms with E-state index in [-0.39, 0.29) is 23.4 Å². The van der Waals surface area contributed by atoms with Gasteiger partial charge in [0.25, 0.3) is 0 Å². The first kappa shape index (κ1) is 21.8. The Morgan fingerprint density at radius 3 is 2.38 bits per heavy atom. The topological polar surface area (TPSA) is 74.8 Å². The molecule has 0 unspecified atom stereocenters. The quantitative estimate of drug-likeness (QED) is 0.413. The lowest BCUT2D eigenvalue weighted by atomic mass is 9.87. The van der Waals surface area contributed by atoms with Gasteiger partial charge in [-0.2, -0.15) is 0 Å². The molecular weight excluding hydrogens is 328 g/mol. The molecule has 0 atom stereocenters. The van der Waals surface area contributed by atoms with Gasteiger partial charge >= 0.3 is 0 Å². The molecule has 0 aliphatic heterocycles. The van der Waals surface area contributed by atoms with Gasteiger partial charge in [0.2, 0.25) is 5.91 Å². The van der Waals surface area contributed by atoms with Gasteiger partial charge in [0.05, 0.1) is 13.1 Å². The Labute approximate surface area is 157 Å². The van der Waals surface area contributed by atoms with Crippen molar-refractivity contribution in [3.05, 3.63) is 29.8 Å². The predicted molar refractivity (Wildman–Crippen MR) is 108 cm³/mol. The smallest absolute Gasteiger partial charge is 0.239 e. The highest BCUT2D eigenvalue weighted by atomic mass is 16.5. The van der Waals surface area contributed by atoms with Crippen molar-refractivity contribution in [3.8, 4) is 5.75 Å². The number of ether oxygens (including phenoxy) is 1. The molecule has 0 spiro atoms. The minimum absolute atomic E-state index is 0.0734. The number of amides is 1. The molecule has 0 aliphatic rings. The van der Waals surface area contributed by atoms with E-state index in [1.807, 2.05) is 32.9 Å². The standard InChI is InChI=1S/C20H34N4O2/c1-19(2,3)15-9-8-10-16(13-15)26-12-11-22-18(21-7)23-14-17(25)24-20(4,5)6/h8-10,13H,11-12,14H2,1-7H3,(H,24,25)(H2,21,22,23). The van der Waals surface area contributed by atoms with Crippen molar-refractivity contribution in [2.24, 2.45) is 4.99 Å². The molecule has 0 bridgehead atoms. The van der Waals surface area contributed by atoms with Gasteiger partial charge in [0.1, 0.15) is 12.4 Å². The molecule has 146 valence electrons. The number of guanidine groups is 1. The number of carbonyl (C=O) groups is 1. The SMILES string of the molecule is CN=C(NCCOc1cccc(C(C)(C)C)c1)NCC(=O)NC(C)(C)C. The van der Waals surface area contributed by atoms with Gasteiger partial charge in [-0.05, 0) is 43.9 Å². The number of nitrogens with one attached hydrogen (secondary N) is 3. The van der Waals surface area contributed by atoms with E-state index in [2.05, 4.69) is 53.8 Å². The van der Waals surface area contributed by atoms with Gasteiger partial charge in [0.15, 0.2) is 5.96 Å². The highest BCUT2D eigenvalue weighted by Gasteiger charge is 2.14. The van der Waals surface area contributed by atoms with Crippen LogP contribution in [0.2, 0.25) is 0 Å². The molecule has 0 saturated carbocycles. The summed E-state index contributed by atoms with van der Waals surface area (Å²) in [7, 11) is 1.67. The third kappa shape index (κ3) is 8.74. The summed E-state index contributed by atoms with van der Waals surface area (Å²) in [5.74, 6) is 1.35. The monoisotopic (exact) mass is 362 g/mol. The molecule has 0 saturated heterocycles. The third-order valence-corrected chi connectivity index (χ3v) is 3.52. The lowest BCUT2D eigenvalue weighted by Gasteiger charge is -2.21. The van der Waals surface area contributed by atoms with E-state index < -0.39 is 0 Å². The molecule has 6 heteroatoms. The van der Waals surface area contributed by atoms with Crippen LogP contribution in [0.25, 0.3) is 0 Å². The highest BCUT2D eigenvalue weighted by molar-refractivity contribution is 5.86. The molecule has 3 N–H and O–H groups in total. The van der Waals surface area contributed by atoms with Crippen LogP contribution in [0, 0.1) is 0 Å². The van der Waals surface area contributed by atoms with Crippen LogP contribution < -0.4 is 20.7 Å². The number of benzene rings is 1. The number of carbonyl (C=O) groups excluding carboxylic acids is 1. The highest BCUT2D eigenvalue weighted by Crippen LogP contribution is 2.25. The van der Waals surface area contributed by atoms with Crippen LogP contribution in [-0.4, -0.2) is 44.1 Å². The van der Waals surface area contributed by atoms with Crippen molar-refractivity contribution in [2.45, 2.75) is 52.5 Å². The fourth-order valence-electron chi connectivity index (χ4n) is 2.24.